The molecule has 0 radical (unpaired) electrons. The number of hydrogen-bond acceptors (Lipinski definition) is 7. The predicted molar refractivity (Wildman–Crippen MR) is 178 cm³/mol. The van der Waals surface area contributed by atoms with E-state index in [9.17, 15) is 0 Å². The Balaban J connectivity index is 0.896. The van der Waals surface area contributed by atoms with Crippen molar-refractivity contribution in [1.29, 1.82) is 0 Å². The molecule has 0 N–H and O–H groups in total. The number of nitrogens with zero attached hydrogens (tertiary/aromatic N) is 5. The van der Waals surface area contributed by atoms with Crippen LogP contribution < -0.4 is 0 Å². The monoisotopic (exact) mass is 649 g/mol. The zero-order valence-corrected chi connectivity index (χ0v) is 28.7. The van der Waals surface area contributed by atoms with Gasteiger partial charge in [-0.2, -0.15) is 0 Å². The van der Waals surface area contributed by atoms with Gasteiger partial charge >= 0.3 is 0 Å². The zero-order chi connectivity index (χ0) is 30.6. The zero-order valence-electron chi connectivity index (χ0n) is 27.9. The van der Waals surface area contributed by atoms with Crippen LogP contribution >= 0.6 is 11.6 Å². The van der Waals surface area contributed by atoms with Crippen LogP contribution in [-0.2, 0) is 0 Å². The molecule has 1 saturated heterocycles. The predicted octanol–water partition coefficient (Wildman–Crippen LogP) is 9.36. The molecule has 0 aromatic carbocycles. The van der Waals surface area contributed by atoms with Crippen LogP contribution in [0.5, 0.6) is 0 Å². The molecule has 9 rings (SSSR count). The van der Waals surface area contributed by atoms with Crippen LogP contribution in [0, 0.1) is 35.5 Å². The quantitative estimate of drug-likeness (QED) is 0.288. The Bertz CT molecular complexity index is 1330. The summed E-state index contributed by atoms with van der Waals surface area (Å²) in [5.41, 5.74) is 0. The minimum absolute atomic E-state index is 0.372. The molecule has 7 fully saturated rings. The third kappa shape index (κ3) is 5.40. The highest BCUT2D eigenvalue weighted by atomic mass is 35.5. The first-order chi connectivity index (χ1) is 22.8. The van der Waals surface area contributed by atoms with E-state index in [-0.39, 0.29) is 0 Å². The van der Waals surface area contributed by atoms with Gasteiger partial charge in [0.25, 0.3) is 0 Å². The molecule has 252 valence electrons. The molecular weight excluding hydrogens is 594 g/mol. The number of likely N-dealkylation sites (tertiary alicyclic amines) is 1. The van der Waals surface area contributed by atoms with Crippen LogP contribution in [0.3, 0.4) is 0 Å². The molecule has 0 amide bonds. The van der Waals surface area contributed by atoms with Crippen LogP contribution in [0.2, 0.25) is 0 Å². The Morgan fingerprint density at radius 1 is 0.500 bits per heavy atom. The summed E-state index contributed by atoms with van der Waals surface area (Å²) >= 11 is 6.31. The summed E-state index contributed by atoms with van der Waals surface area (Å²) in [4.78, 5) is 2.81. The molecule has 7 nitrogen and oxygen atoms in total. The van der Waals surface area contributed by atoms with Crippen LogP contribution in [0.1, 0.15) is 176 Å². The maximum absolute atomic E-state index is 6.74. The Morgan fingerprint density at radius 3 is 1.76 bits per heavy atom. The van der Waals surface area contributed by atoms with Gasteiger partial charge < -0.3 is 8.83 Å². The number of alkyl halides is 1. The Kier molecular flexibility index (Phi) is 8.71. The van der Waals surface area contributed by atoms with Gasteiger partial charge in [0.1, 0.15) is 0 Å². The van der Waals surface area contributed by atoms with Gasteiger partial charge in [0.05, 0.1) is 0 Å². The van der Waals surface area contributed by atoms with Crippen molar-refractivity contribution < 1.29 is 8.83 Å². The summed E-state index contributed by atoms with van der Waals surface area (Å²) in [5.74, 6) is 10.6. The Morgan fingerprint density at radius 2 is 1.04 bits per heavy atom. The molecule has 2 aromatic rings. The summed E-state index contributed by atoms with van der Waals surface area (Å²) in [6.45, 7) is 1.05. The van der Waals surface area contributed by atoms with Crippen LogP contribution in [0.15, 0.2) is 8.83 Å². The molecule has 12 unspecified atom stereocenters. The third-order valence-electron chi connectivity index (χ3n) is 14.9. The molecule has 2 aromatic heterocycles. The van der Waals surface area contributed by atoms with Crippen molar-refractivity contribution in [2.75, 3.05) is 12.4 Å². The summed E-state index contributed by atoms with van der Waals surface area (Å²) < 4.78 is 13.4. The summed E-state index contributed by atoms with van der Waals surface area (Å²) in [5, 5.41) is 19.2. The number of aromatic nitrogens is 4. The van der Waals surface area contributed by atoms with Gasteiger partial charge in [-0.05, 0) is 106 Å². The summed E-state index contributed by atoms with van der Waals surface area (Å²) in [6.07, 6.45) is 26.0. The van der Waals surface area contributed by atoms with Gasteiger partial charge in [0.2, 0.25) is 23.6 Å². The molecule has 0 bridgehead atoms. The van der Waals surface area contributed by atoms with Gasteiger partial charge in [0, 0.05) is 48.2 Å². The lowest BCUT2D eigenvalue weighted by Crippen LogP contribution is -2.41. The molecule has 46 heavy (non-hydrogen) atoms. The van der Waals surface area contributed by atoms with E-state index in [1.54, 1.807) is 0 Å². The molecule has 6 aliphatic carbocycles. The standard InChI is InChI=1S/C38H56ClN5O2/c39-20-21-44-33-15-6-5-13-28(33)32-22-24(16-19-34(32)44)35-40-41-37(45-35)30-17-18-31(27-12-4-3-11-26(27)30)38-43-42-36(46-38)29-14-7-9-23-8-1-2-10-25(23)29/h23-34H,1-22H2. The van der Waals surface area contributed by atoms with E-state index in [0.717, 1.165) is 78.5 Å². The second-order valence-electron chi connectivity index (χ2n) is 16.8. The second-order valence-corrected chi connectivity index (χ2v) is 17.2. The van der Waals surface area contributed by atoms with Gasteiger partial charge in [-0.25, -0.2) is 0 Å². The van der Waals surface area contributed by atoms with Gasteiger partial charge in [-0.1, -0.05) is 57.8 Å². The van der Waals surface area contributed by atoms with E-state index < -0.39 is 0 Å². The topological polar surface area (TPSA) is 81.1 Å². The Hall–Kier alpha value is -1.47. The fourth-order valence-electron chi connectivity index (χ4n) is 13.0. The minimum Gasteiger partial charge on any atom is -0.425 e. The van der Waals surface area contributed by atoms with Crippen molar-refractivity contribution in [2.45, 2.75) is 164 Å². The van der Waals surface area contributed by atoms with Crippen molar-refractivity contribution in [3.8, 4) is 0 Å². The van der Waals surface area contributed by atoms with E-state index >= 15 is 0 Å². The van der Waals surface area contributed by atoms with Gasteiger partial charge in [-0.3, -0.25) is 4.90 Å². The normalized spacial score (nSPS) is 43.0. The van der Waals surface area contributed by atoms with Crippen molar-refractivity contribution in [1.82, 2.24) is 25.3 Å². The molecule has 3 heterocycles. The third-order valence-corrected chi connectivity index (χ3v) is 15.0. The molecule has 7 aliphatic rings. The van der Waals surface area contributed by atoms with Gasteiger partial charge in [-0.15, -0.1) is 32.0 Å². The van der Waals surface area contributed by atoms with Crippen molar-refractivity contribution in [2.24, 2.45) is 35.5 Å². The maximum Gasteiger partial charge on any atom is 0.219 e. The average molecular weight is 650 g/mol. The molecule has 6 saturated carbocycles. The number of rotatable bonds is 6. The highest BCUT2D eigenvalue weighted by molar-refractivity contribution is 6.18. The Labute approximate surface area is 280 Å². The van der Waals surface area contributed by atoms with Crippen molar-refractivity contribution >= 4 is 11.6 Å². The summed E-state index contributed by atoms with van der Waals surface area (Å²) in [6, 6.07) is 1.45. The number of fused-ring (bicyclic) bond motifs is 5. The average Bonchev–Trinajstić information content (AvgIpc) is 3.87. The lowest BCUT2D eigenvalue weighted by molar-refractivity contribution is 0.0900. The fraction of sp³-hybridized carbons (Fsp3) is 0.895. The second kappa shape index (κ2) is 13.1. The van der Waals surface area contributed by atoms with Gasteiger partial charge in [0.15, 0.2) is 0 Å². The smallest absolute Gasteiger partial charge is 0.219 e. The molecule has 8 heteroatoms. The van der Waals surface area contributed by atoms with Crippen LogP contribution in [-0.4, -0.2) is 49.8 Å². The largest absolute Gasteiger partial charge is 0.425 e. The number of hydrogen-bond donors (Lipinski definition) is 0. The molecule has 0 spiro atoms. The van der Waals surface area contributed by atoms with Crippen molar-refractivity contribution in [3.63, 3.8) is 0 Å². The SMILES string of the molecule is ClCCN1C2CCCCC2C2CC(c3nnc(C4CCC(c5nnc(C6CCCC7CCCCC76)o5)C5CCCCC45)o3)CCC21. The first-order valence-corrected chi connectivity index (χ1v) is 20.3. The van der Waals surface area contributed by atoms with Crippen LogP contribution in [0.25, 0.3) is 0 Å². The fourth-order valence-corrected chi connectivity index (χ4v) is 13.1. The number of halogens is 1. The lowest BCUT2D eigenvalue weighted by atomic mass is 9.61. The molecular formula is C38H56ClN5O2. The van der Waals surface area contributed by atoms with E-state index in [2.05, 4.69) is 4.90 Å². The van der Waals surface area contributed by atoms with E-state index in [4.69, 9.17) is 40.8 Å². The van der Waals surface area contributed by atoms with Crippen molar-refractivity contribution in [3.05, 3.63) is 23.6 Å². The summed E-state index contributed by atoms with van der Waals surface area (Å²) in [7, 11) is 0. The molecule has 12 atom stereocenters. The van der Waals surface area contributed by atoms with E-state index in [0.29, 0.717) is 41.5 Å². The minimum atomic E-state index is 0.372. The molecule has 1 aliphatic heterocycles. The van der Waals surface area contributed by atoms with E-state index in [1.807, 2.05) is 0 Å². The highest BCUT2D eigenvalue weighted by Gasteiger charge is 2.52. The van der Waals surface area contributed by atoms with E-state index in [1.165, 1.54) is 116 Å². The highest BCUT2D eigenvalue weighted by Crippen LogP contribution is 2.56. The first kappa shape index (κ1) is 30.6. The first-order valence-electron chi connectivity index (χ1n) is 19.7. The lowest BCUT2D eigenvalue weighted by Gasteiger charge is -2.43. The van der Waals surface area contributed by atoms with Crippen LogP contribution in [0.4, 0.5) is 0 Å². The maximum atomic E-state index is 6.74.